The fraction of sp³-hybridized carbons (Fsp3) is 0.333. The largest absolute Gasteiger partial charge is 0.388 e. The molecule has 0 amide bonds. The molecule has 0 aliphatic heterocycles. The van der Waals surface area contributed by atoms with E-state index < -0.39 is 0 Å². The summed E-state index contributed by atoms with van der Waals surface area (Å²) >= 11 is 0. The minimum absolute atomic E-state index is 0. The first-order valence-electron chi connectivity index (χ1n) is 3.23. The first kappa shape index (κ1) is 22.7. The number of rotatable bonds is 0. The van der Waals surface area contributed by atoms with Crippen LogP contribution in [0.2, 0.25) is 0 Å². The fourth-order valence-electron chi connectivity index (χ4n) is 0.534. The van der Waals surface area contributed by atoms with Crippen LogP contribution in [0.1, 0.15) is 5.56 Å². The van der Waals surface area contributed by atoms with E-state index in [-0.39, 0.29) is 14.1 Å². The van der Waals surface area contributed by atoms with E-state index in [9.17, 15) is 0 Å². The lowest BCUT2D eigenvalue weighted by Gasteiger charge is -1.82. The van der Waals surface area contributed by atoms with Crippen LogP contribution in [0.5, 0.6) is 0 Å². The molecule has 0 radical (unpaired) electrons. The molecular formula is C9H17F3O. The number of hydrogen-bond acceptors (Lipinski definition) is 1. The van der Waals surface area contributed by atoms with Crippen LogP contribution >= 0.6 is 0 Å². The Kier molecular flexibility index (Phi) is 29.9. The van der Waals surface area contributed by atoms with Crippen molar-refractivity contribution in [3.8, 4) is 0 Å². The molecule has 1 aromatic rings. The monoisotopic (exact) mass is 198 g/mol. The van der Waals surface area contributed by atoms with Crippen LogP contribution in [-0.4, -0.2) is 14.2 Å². The van der Waals surface area contributed by atoms with Crippen LogP contribution < -0.4 is 0 Å². The zero-order chi connectivity index (χ0) is 7.82. The molecule has 0 bridgehead atoms. The lowest BCUT2D eigenvalue weighted by Crippen LogP contribution is -1.62. The average molecular weight is 198 g/mol. The van der Waals surface area contributed by atoms with Crippen LogP contribution in [0, 0.1) is 6.92 Å². The quantitative estimate of drug-likeness (QED) is 0.622. The third kappa shape index (κ3) is 18.2. The predicted octanol–water partition coefficient (Wildman–Crippen LogP) is 2.72. The Morgan fingerprint density at radius 2 is 1.15 bits per heavy atom. The van der Waals surface area contributed by atoms with E-state index in [2.05, 4.69) is 23.8 Å². The summed E-state index contributed by atoms with van der Waals surface area (Å²) in [6, 6.07) is 10.3. The molecule has 1 aromatic carbocycles. The smallest absolute Gasteiger partial charge is 0.0351 e. The molecule has 13 heavy (non-hydrogen) atoms. The van der Waals surface area contributed by atoms with Gasteiger partial charge >= 0.3 is 0 Å². The van der Waals surface area contributed by atoms with Gasteiger partial charge in [-0.15, -0.1) is 0 Å². The minimum atomic E-state index is 0. The zero-order valence-corrected chi connectivity index (χ0v) is 8.02. The van der Waals surface area contributed by atoms with Crippen LogP contribution in [0.3, 0.4) is 0 Å². The Bertz CT molecular complexity index is 156. The average Bonchev–Trinajstić information content (AvgIpc) is 1.91. The summed E-state index contributed by atoms with van der Waals surface area (Å²) in [4.78, 5) is 0. The normalized spacial score (nSPS) is 6.08. The van der Waals surface area contributed by atoms with Gasteiger partial charge in [-0.1, -0.05) is 35.9 Å². The van der Waals surface area contributed by atoms with Crippen molar-refractivity contribution in [2.75, 3.05) is 14.2 Å². The van der Waals surface area contributed by atoms with Crippen molar-refractivity contribution in [1.29, 1.82) is 0 Å². The summed E-state index contributed by atoms with van der Waals surface area (Å²) in [5, 5.41) is 0. The molecule has 0 atom stereocenters. The van der Waals surface area contributed by atoms with Crippen molar-refractivity contribution in [2.45, 2.75) is 6.92 Å². The summed E-state index contributed by atoms with van der Waals surface area (Å²) in [5.41, 5.74) is 1.32. The number of hydrogen-bond donors (Lipinski definition) is 0. The second-order valence-corrected chi connectivity index (χ2v) is 2.06. The molecule has 0 spiro atoms. The van der Waals surface area contributed by atoms with Gasteiger partial charge in [-0.3, -0.25) is 14.1 Å². The van der Waals surface area contributed by atoms with Gasteiger partial charge in [0.15, 0.2) is 0 Å². The first-order chi connectivity index (χ1) is 4.81. The van der Waals surface area contributed by atoms with E-state index in [4.69, 9.17) is 0 Å². The Hall–Kier alpha value is -1.03. The highest BCUT2D eigenvalue weighted by atomic mass is 19.0. The standard InChI is InChI=1S/C7H8.C2H6O.3FH/c1-7-5-3-2-4-6-7;1-3-2;;;/h2-6H,1H3;1-2H3;3*1H. The van der Waals surface area contributed by atoms with Crippen LogP contribution in [0.25, 0.3) is 0 Å². The van der Waals surface area contributed by atoms with E-state index in [1.165, 1.54) is 5.56 Å². The van der Waals surface area contributed by atoms with E-state index in [0.717, 1.165) is 0 Å². The molecular weight excluding hydrogens is 181 g/mol. The molecule has 1 nitrogen and oxygen atoms in total. The van der Waals surface area contributed by atoms with Gasteiger partial charge in [-0.05, 0) is 6.92 Å². The zero-order valence-electron chi connectivity index (χ0n) is 8.02. The van der Waals surface area contributed by atoms with Crippen LogP contribution in [0.15, 0.2) is 30.3 Å². The molecule has 0 heterocycles. The molecule has 4 heteroatoms. The number of ether oxygens (including phenoxy) is 1. The van der Waals surface area contributed by atoms with Crippen molar-refractivity contribution in [3.05, 3.63) is 35.9 Å². The second kappa shape index (κ2) is 17.2. The van der Waals surface area contributed by atoms with Crippen LogP contribution in [0.4, 0.5) is 14.1 Å². The van der Waals surface area contributed by atoms with Gasteiger partial charge in [0.1, 0.15) is 0 Å². The van der Waals surface area contributed by atoms with Gasteiger partial charge in [-0.25, -0.2) is 0 Å². The summed E-state index contributed by atoms with van der Waals surface area (Å²) in [6.07, 6.45) is 0. The van der Waals surface area contributed by atoms with Gasteiger partial charge in [0, 0.05) is 14.2 Å². The molecule has 0 aliphatic carbocycles. The summed E-state index contributed by atoms with van der Waals surface area (Å²) in [7, 11) is 3.25. The Labute approximate surface area is 76.8 Å². The first-order valence-corrected chi connectivity index (χ1v) is 3.23. The molecule has 0 fully saturated rings. The van der Waals surface area contributed by atoms with Gasteiger partial charge in [0.25, 0.3) is 0 Å². The van der Waals surface area contributed by atoms with E-state index in [1.807, 2.05) is 18.2 Å². The fourth-order valence-corrected chi connectivity index (χ4v) is 0.534. The summed E-state index contributed by atoms with van der Waals surface area (Å²) < 4.78 is 4.25. The molecule has 1 rings (SSSR count). The molecule has 0 saturated carbocycles. The van der Waals surface area contributed by atoms with Crippen molar-refractivity contribution in [2.24, 2.45) is 0 Å². The Morgan fingerprint density at radius 3 is 1.31 bits per heavy atom. The number of benzene rings is 1. The Balaban J connectivity index is -0.0000000615. The van der Waals surface area contributed by atoms with E-state index in [1.54, 1.807) is 14.2 Å². The molecule has 0 unspecified atom stereocenters. The van der Waals surface area contributed by atoms with Gasteiger partial charge in [-0.2, -0.15) is 0 Å². The van der Waals surface area contributed by atoms with Crippen molar-refractivity contribution >= 4 is 0 Å². The molecule has 0 aromatic heterocycles. The highest BCUT2D eigenvalue weighted by Crippen LogP contribution is 1.92. The summed E-state index contributed by atoms with van der Waals surface area (Å²) in [5.74, 6) is 0. The maximum Gasteiger partial charge on any atom is 0.0351 e. The highest BCUT2D eigenvalue weighted by Gasteiger charge is 1.72. The van der Waals surface area contributed by atoms with Crippen molar-refractivity contribution in [1.82, 2.24) is 0 Å². The number of methoxy groups -OCH3 is 1. The predicted molar refractivity (Wildman–Crippen MR) is 51.6 cm³/mol. The van der Waals surface area contributed by atoms with Gasteiger partial charge in [0.2, 0.25) is 0 Å². The van der Waals surface area contributed by atoms with Crippen molar-refractivity contribution in [3.63, 3.8) is 0 Å². The van der Waals surface area contributed by atoms with Gasteiger partial charge < -0.3 is 4.74 Å². The Morgan fingerprint density at radius 1 is 0.846 bits per heavy atom. The summed E-state index contributed by atoms with van der Waals surface area (Å²) in [6.45, 7) is 2.08. The third-order valence-corrected chi connectivity index (χ3v) is 0.940. The van der Waals surface area contributed by atoms with E-state index >= 15 is 0 Å². The molecule has 0 aliphatic rings. The molecule has 80 valence electrons. The third-order valence-electron chi connectivity index (χ3n) is 0.940. The van der Waals surface area contributed by atoms with Crippen molar-refractivity contribution < 1.29 is 18.9 Å². The maximum atomic E-state index is 4.25. The van der Waals surface area contributed by atoms with E-state index in [0.29, 0.717) is 0 Å². The molecule has 0 saturated heterocycles. The SMILES string of the molecule is COC.Cc1ccccc1.F.F.F. The number of halogens is 3. The molecule has 0 N–H and O–H groups in total. The topological polar surface area (TPSA) is 9.23 Å². The van der Waals surface area contributed by atoms with Gasteiger partial charge in [0.05, 0.1) is 0 Å². The second-order valence-electron chi connectivity index (χ2n) is 2.06. The lowest BCUT2D eigenvalue weighted by atomic mass is 10.2. The maximum absolute atomic E-state index is 4.25. The van der Waals surface area contributed by atoms with Crippen LogP contribution in [-0.2, 0) is 4.74 Å². The minimum Gasteiger partial charge on any atom is -0.388 e. The lowest BCUT2D eigenvalue weighted by molar-refractivity contribution is 0.277. The highest BCUT2D eigenvalue weighted by molar-refractivity contribution is 5.11. The number of aryl methyl sites for hydroxylation is 1.